The van der Waals surface area contributed by atoms with Gasteiger partial charge in [-0.1, -0.05) is 0 Å². The van der Waals surface area contributed by atoms with Crippen molar-refractivity contribution in [1.82, 2.24) is 0 Å². The number of halogens is 82. The van der Waals surface area contributed by atoms with Crippen molar-refractivity contribution in [3.05, 3.63) is 0 Å². The van der Waals surface area contributed by atoms with Gasteiger partial charge in [-0.25, -0.2) is 56.8 Å². The Hall–Kier alpha value is -5.17. The summed E-state index contributed by atoms with van der Waals surface area (Å²) >= 11 is 0. The second-order valence-electron chi connectivity index (χ2n) is 22.8. The van der Waals surface area contributed by atoms with Gasteiger partial charge in [-0.2, -0.15) is 303 Å². The van der Waals surface area contributed by atoms with Gasteiger partial charge >= 0.3 is 244 Å². The van der Waals surface area contributed by atoms with Crippen LogP contribution in [0.4, 0.5) is 360 Å². The number of hydrogen-bond donors (Lipinski definition) is 0. The molecule has 2 nitrogen and oxygen atoms in total. The van der Waals surface area contributed by atoms with Crippen LogP contribution in [0.15, 0.2) is 0 Å². The third-order valence-electron chi connectivity index (χ3n) is 15.2. The van der Waals surface area contributed by atoms with E-state index in [4.69, 9.17) is 0 Å². The van der Waals surface area contributed by atoms with Crippen LogP contribution in [0, 0.1) is 0 Å². The maximum Gasteiger partial charge on any atom is 0.633 e. The molecular weight excluding hydrogens is 2120 g/mol. The first-order chi connectivity index (χ1) is 51.7. The zero-order valence-corrected chi connectivity index (χ0v) is 54.8. The Labute approximate surface area is 612 Å². The largest absolute Gasteiger partial charge is 0.633 e. The molecule has 0 aromatic heterocycles. The van der Waals surface area contributed by atoms with Crippen molar-refractivity contribution in [2.45, 2.75) is 218 Å². The smallest absolute Gasteiger partial charge is 0.393 e. The zero-order chi connectivity index (χ0) is 103. The summed E-state index contributed by atoms with van der Waals surface area (Å²) in [7, 11) is -54.1. The predicted octanol–water partition coefficient (Wildman–Crippen LogP) is 25.6. The number of alkyl halides is 81. The van der Waals surface area contributed by atoms with Crippen LogP contribution in [0.1, 0.15) is 0 Å². The Morgan fingerprint density at radius 2 is 0.177 bits per heavy atom. The molecule has 0 N–H and O–H groups in total. The molecule has 0 spiro atoms. The molecular formula is C37F82O2Si3. The minimum atomic E-state index is -18.4. The van der Waals surface area contributed by atoms with Crippen LogP contribution in [-0.2, 0) is 8.23 Å². The molecule has 0 saturated heterocycles. The minimum absolute atomic E-state index is 0.943. The van der Waals surface area contributed by atoms with Crippen molar-refractivity contribution in [2.75, 3.05) is 0 Å². The van der Waals surface area contributed by atoms with E-state index in [1.165, 1.54) is 0 Å². The van der Waals surface area contributed by atoms with Crippen molar-refractivity contribution in [3.8, 4) is 0 Å². The molecule has 0 unspecified atom stereocenters. The van der Waals surface area contributed by atoms with E-state index >= 15 is 175 Å². The average Bonchev–Trinajstić information content (AvgIpc) is 0.642. The van der Waals surface area contributed by atoms with Gasteiger partial charge in [-0.15, -0.1) is 0 Å². The van der Waals surface area contributed by atoms with E-state index < -0.39 is 252 Å². The van der Waals surface area contributed by atoms with Gasteiger partial charge in [-0.05, 0) is 0 Å². The third-order valence-corrected chi connectivity index (χ3v) is 27.6. The maximum atomic E-state index is 17.6. The summed E-state index contributed by atoms with van der Waals surface area (Å²) in [6.45, 7) is 0. The first-order valence-corrected chi connectivity index (χ1v) is 31.1. The Kier molecular flexibility index (Phi) is 27.5. The molecule has 0 heterocycles. The van der Waals surface area contributed by atoms with E-state index in [9.17, 15) is 184 Å². The van der Waals surface area contributed by atoms with Crippen LogP contribution in [0.5, 0.6) is 0 Å². The average molecular weight is 2120 g/mol. The highest BCUT2D eigenvalue weighted by molar-refractivity contribution is 6.93. The summed E-state index contributed by atoms with van der Waals surface area (Å²) in [6.07, 6.45) is -60.7. The second kappa shape index (κ2) is 28.7. The van der Waals surface area contributed by atoms with Crippen molar-refractivity contribution in [2.24, 2.45) is 0 Å². The summed E-state index contributed by atoms with van der Waals surface area (Å²) in [4.78, 5) is 0. The number of rotatable bonds is 34. The first kappa shape index (κ1) is 119. The molecule has 0 amide bonds. The van der Waals surface area contributed by atoms with Crippen molar-refractivity contribution < 1.29 is 368 Å². The molecule has 0 rings (SSSR count). The monoisotopic (exact) mass is 2120 g/mol. The molecule has 0 saturated carbocycles. The van der Waals surface area contributed by atoms with Gasteiger partial charge in [0.1, 0.15) is 0 Å². The number of hydrogen-bond acceptors (Lipinski definition) is 2. The summed E-state index contributed by atoms with van der Waals surface area (Å²) in [6, 6.07) is 0. The summed E-state index contributed by atoms with van der Waals surface area (Å²) in [5, 5.41) is 0. The van der Waals surface area contributed by atoms with Gasteiger partial charge in [0.25, 0.3) is 0 Å². The van der Waals surface area contributed by atoms with E-state index in [1.54, 1.807) is 0 Å². The molecule has 746 valence electrons. The molecule has 0 aliphatic carbocycles. The minimum Gasteiger partial charge on any atom is -0.393 e. The molecule has 0 aliphatic heterocycles. The molecule has 0 bridgehead atoms. The fourth-order valence-electron chi connectivity index (χ4n) is 8.04. The van der Waals surface area contributed by atoms with Crippen LogP contribution in [0.2, 0.25) is 0 Å². The molecule has 87 heteroatoms. The molecule has 0 fully saturated rings. The Bertz CT molecular complexity index is 3190. The van der Waals surface area contributed by atoms with Crippen LogP contribution >= 0.6 is 0 Å². The van der Waals surface area contributed by atoms with E-state index in [2.05, 4.69) is 0 Å². The van der Waals surface area contributed by atoms with Crippen LogP contribution in [0.3, 0.4) is 0 Å². The normalized spacial score (nSPS) is 17.7. The SMILES string of the molecule is FC(F)(F)C(F)(F)C(F)(F)C(F)(F)C(F)(F)C(F)(F)[Si](O[Si](F)(O[Si](C(F)(F)C(F)(F)C(F)(F)C(F)(F)C(F)(F)C(F)(F)F)(C(F)(F)C(F)(F)C(F)(F)C(F)(F)C(F)(F)C(F)(F)F)C(F)(F)C(F)(F)C(F)(F)C(F)(F)C(F)(F)C(F)(F)F)C(F)(F)F)(C(F)(F)C(F)(F)C(F)(F)C(F)(F)C(F)(F)C(F)(F)F)C(F)(F)C(F)(F)C(F)(F)C(F)(F)C(F)(F)C(F)(F)F. The zero-order valence-electron chi connectivity index (χ0n) is 51.8. The van der Waals surface area contributed by atoms with Gasteiger partial charge in [-0.3, -0.25) is 0 Å². The van der Waals surface area contributed by atoms with Crippen LogP contribution in [-0.4, -0.2) is 244 Å². The lowest BCUT2D eigenvalue weighted by atomic mass is 9.97. The lowest BCUT2D eigenvalue weighted by molar-refractivity contribution is -0.447. The highest BCUT2D eigenvalue weighted by Gasteiger charge is 3.14. The first-order valence-electron chi connectivity index (χ1n) is 25.6. The van der Waals surface area contributed by atoms with Gasteiger partial charge < -0.3 is 8.23 Å². The highest BCUT2D eigenvalue weighted by atomic mass is 28.5. The third kappa shape index (κ3) is 13.6. The van der Waals surface area contributed by atoms with E-state index in [1.807, 2.05) is 0 Å². The van der Waals surface area contributed by atoms with Gasteiger partial charge in [0.15, 0.2) is 0 Å². The summed E-state index contributed by atoms with van der Waals surface area (Å²) in [5.41, 5.74) is -85.7. The standard InChI is InChI=1S/C37F82O2Si3/c38-1(39,13(62,63)25(86,87)88)7(50,51)19(74,75)31(104,105)122(32(106,107)20(76,77)8(52,53)2(40,41)14(64,65)26(89,90)91,33(108,109)21(78,79)9(54,55)3(42,43)15(66,67)27(92,93)94)120-124(119,37(116,117)118)121-123(34(110,111)22(80,81)10(56,57)4(44,45)16(68,69)28(95,96)97,35(112,113)23(82,83)11(58,59)5(46,47)17(70,71)29(98,99)100)36(114,115)24(84,85)12(60,61)6(48,49)18(72,73)30(101,102)103. The fraction of sp³-hybridized carbons (Fsp3) is 1.00. The topological polar surface area (TPSA) is 18.5 Å². The van der Waals surface area contributed by atoms with Crippen molar-refractivity contribution in [3.63, 3.8) is 0 Å². The van der Waals surface area contributed by atoms with E-state index in [-0.39, 0.29) is 0 Å². The lowest BCUT2D eigenvalue weighted by Gasteiger charge is -2.57. The Morgan fingerprint density at radius 3 is 0.242 bits per heavy atom. The predicted molar refractivity (Wildman–Crippen MR) is 211 cm³/mol. The Morgan fingerprint density at radius 1 is 0.105 bits per heavy atom. The quantitative estimate of drug-likeness (QED) is 0.0363. The molecule has 0 atom stereocenters. The van der Waals surface area contributed by atoms with E-state index in [0.717, 1.165) is 0 Å². The van der Waals surface area contributed by atoms with Crippen LogP contribution < -0.4 is 0 Å². The van der Waals surface area contributed by atoms with Crippen LogP contribution in [0.25, 0.3) is 0 Å². The highest BCUT2D eigenvalue weighted by Crippen LogP contribution is 2.78. The van der Waals surface area contributed by atoms with Crippen molar-refractivity contribution >= 4 is 25.5 Å². The second-order valence-corrected chi connectivity index (χ2v) is 32.6. The summed E-state index contributed by atoms with van der Waals surface area (Å²) < 4.78 is 1220. The van der Waals surface area contributed by atoms with Gasteiger partial charge in [0.05, 0.1) is 0 Å². The molecule has 124 heavy (non-hydrogen) atoms. The summed E-state index contributed by atoms with van der Waals surface area (Å²) in [5.74, 6) is -304. The lowest BCUT2D eigenvalue weighted by Crippen LogP contribution is -2.96. The molecule has 0 aliphatic rings. The van der Waals surface area contributed by atoms with Crippen molar-refractivity contribution in [1.29, 1.82) is 0 Å². The van der Waals surface area contributed by atoms with E-state index in [0.29, 0.717) is 0 Å². The maximum absolute atomic E-state index is 18.4. The van der Waals surface area contributed by atoms with Gasteiger partial charge in [0, 0.05) is 0 Å². The molecule has 0 radical (unpaired) electrons. The fourth-order valence-corrected chi connectivity index (χ4v) is 21.7. The molecule has 0 aromatic rings. The molecule has 0 aromatic carbocycles. The van der Waals surface area contributed by atoms with Gasteiger partial charge in [0.2, 0.25) is 0 Å². The Balaban J connectivity index is 14.3.